The fraction of sp³-hybridized carbons (Fsp3) is 0.0370. The first-order valence-corrected chi connectivity index (χ1v) is 12.1. The maximum absolute atomic E-state index is 13.6. The van der Waals surface area contributed by atoms with Gasteiger partial charge in [-0.05, 0) is 42.1 Å². The third kappa shape index (κ3) is 3.56. The van der Waals surface area contributed by atoms with Crippen molar-refractivity contribution in [2.24, 2.45) is 0 Å². The van der Waals surface area contributed by atoms with Crippen molar-refractivity contribution in [1.29, 1.82) is 0 Å². The number of thiophene rings is 1. The van der Waals surface area contributed by atoms with Gasteiger partial charge >= 0.3 is 5.69 Å². The van der Waals surface area contributed by atoms with Crippen LogP contribution in [0.2, 0.25) is 5.02 Å². The van der Waals surface area contributed by atoms with E-state index in [0.29, 0.717) is 20.9 Å². The van der Waals surface area contributed by atoms with Crippen molar-refractivity contribution in [3.05, 3.63) is 111 Å². The molecule has 0 bridgehead atoms. The zero-order valence-corrected chi connectivity index (χ0v) is 20.0. The van der Waals surface area contributed by atoms with Gasteiger partial charge in [-0.1, -0.05) is 60.1 Å². The molecule has 0 atom stereocenters. The maximum Gasteiger partial charge on any atom is 0.333 e. The molecule has 8 heteroatoms. The summed E-state index contributed by atoms with van der Waals surface area (Å²) in [6, 6.07) is 22.6. The number of nitrogens with zero attached hydrogens (tertiary/aromatic N) is 3. The third-order valence-corrected chi connectivity index (χ3v) is 7.38. The highest BCUT2D eigenvalue weighted by Gasteiger charge is 2.19. The molecule has 6 nitrogen and oxygen atoms in total. The number of halogens is 1. The quantitative estimate of drug-likeness (QED) is 0.327. The fourth-order valence-electron chi connectivity index (χ4n) is 4.39. The zero-order valence-electron chi connectivity index (χ0n) is 18.4. The molecule has 0 saturated carbocycles. The normalized spacial score (nSPS) is 11.4. The van der Waals surface area contributed by atoms with Gasteiger partial charge in [0.1, 0.15) is 4.70 Å². The van der Waals surface area contributed by atoms with Crippen LogP contribution in [0, 0.1) is 6.92 Å². The van der Waals surface area contributed by atoms with Crippen LogP contribution in [-0.4, -0.2) is 19.7 Å². The zero-order chi connectivity index (χ0) is 24.1. The molecule has 0 aliphatic carbocycles. The molecule has 0 fully saturated rings. The van der Waals surface area contributed by atoms with E-state index in [0.717, 1.165) is 38.0 Å². The van der Waals surface area contributed by atoms with E-state index in [1.807, 2.05) is 73.7 Å². The van der Waals surface area contributed by atoms with Crippen molar-refractivity contribution in [1.82, 2.24) is 19.7 Å². The molecule has 1 N–H and O–H groups in total. The number of hydrogen-bond donors (Lipinski definition) is 1. The van der Waals surface area contributed by atoms with E-state index < -0.39 is 5.69 Å². The molecule has 0 aliphatic rings. The van der Waals surface area contributed by atoms with Crippen molar-refractivity contribution in [3.63, 3.8) is 0 Å². The molecule has 0 saturated heterocycles. The molecular weight excluding hydrogens is 480 g/mol. The molecule has 0 aliphatic heterocycles. The second kappa shape index (κ2) is 8.30. The Labute approximate surface area is 208 Å². The second-order valence-electron chi connectivity index (χ2n) is 8.17. The predicted octanol–water partition coefficient (Wildman–Crippen LogP) is 5.98. The average Bonchev–Trinajstić information content (AvgIpc) is 3.28. The van der Waals surface area contributed by atoms with Gasteiger partial charge in [0.2, 0.25) is 0 Å². The van der Waals surface area contributed by atoms with Gasteiger partial charge in [0.25, 0.3) is 5.56 Å². The number of benzene rings is 3. The lowest BCUT2D eigenvalue weighted by atomic mass is 10.00. The molecule has 3 heterocycles. The molecular formula is C27H17ClN4O2S. The summed E-state index contributed by atoms with van der Waals surface area (Å²) in [5, 5.41) is 10.4. The lowest BCUT2D eigenvalue weighted by Crippen LogP contribution is -2.33. The third-order valence-electron chi connectivity index (χ3n) is 5.93. The number of rotatable bonds is 3. The van der Waals surface area contributed by atoms with E-state index in [2.05, 4.69) is 15.2 Å². The van der Waals surface area contributed by atoms with Crippen LogP contribution in [-0.2, 0) is 0 Å². The van der Waals surface area contributed by atoms with E-state index >= 15 is 0 Å². The molecule has 6 aromatic rings. The van der Waals surface area contributed by atoms with Gasteiger partial charge in [0.15, 0.2) is 0 Å². The van der Waals surface area contributed by atoms with Gasteiger partial charge < -0.3 is 4.98 Å². The minimum atomic E-state index is -0.489. The van der Waals surface area contributed by atoms with Crippen LogP contribution >= 0.6 is 22.9 Å². The summed E-state index contributed by atoms with van der Waals surface area (Å²) in [6.45, 7) is 1.88. The van der Waals surface area contributed by atoms with Crippen molar-refractivity contribution in [2.75, 3.05) is 0 Å². The number of H-pyrrole nitrogens is 1. The molecule has 0 spiro atoms. The Morgan fingerprint density at radius 2 is 1.77 bits per heavy atom. The number of nitrogens with one attached hydrogen (secondary N) is 1. The van der Waals surface area contributed by atoms with Gasteiger partial charge in [0, 0.05) is 26.4 Å². The maximum atomic E-state index is 13.6. The van der Waals surface area contributed by atoms with Crippen molar-refractivity contribution >= 4 is 43.9 Å². The molecule has 3 aromatic heterocycles. The molecule has 35 heavy (non-hydrogen) atoms. The minimum Gasteiger partial charge on any atom is -0.306 e. The van der Waals surface area contributed by atoms with Crippen LogP contribution < -0.4 is 11.2 Å². The Bertz CT molecular complexity index is 1880. The highest BCUT2D eigenvalue weighted by molar-refractivity contribution is 7.22. The highest BCUT2D eigenvalue weighted by Crippen LogP contribution is 2.41. The predicted molar refractivity (Wildman–Crippen MR) is 142 cm³/mol. The monoisotopic (exact) mass is 496 g/mol. The van der Waals surface area contributed by atoms with Crippen LogP contribution in [0.15, 0.2) is 88.6 Å². The Morgan fingerprint density at radius 1 is 0.971 bits per heavy atom. The Morgan fingerprint density at radius 3 is 2.63 bits per heavy atom. The van der Waals surface area contributed by atoms with Crippen LogP contribution in [0.4, 0.5) is 0 Å². The first-order chi connectivity index (χ1) is 17.0. The van der Waals surface area contributed by atoms with Gasteiger partial charge in [-0.25, -0.2) is 9.36 Å². The number of fused-ring (bicyclic) bond motifs is 2. The first kappa shape index (κ1) is 21.5. The van der Waals surface area contributed by atoms with E-state index in [1.165, 1.54) is 15.9 Å². The van der Waals surface area contributed by atoms with Crippen molar-refractivity contribution in [3.8, 4) is 27.3 Å². The summed E-state index contributed by atoms with van der Waals surface area (Å²) in [6.07, 6.45) is 1.69. The largest absolute Gasteiger partial charge is 0.333 e. The summed E-state index contributed by atoms with van der Waals surface area (Å²) < 4.78 is 1.65. The van der Waals surface area contributed by atoms with Gasteiger partial charge in [-0.2, -0.15) is 10.2 Å². The SMILES string of the molecule is Cc1cc(-c2cccc(Cl)c2-c2cc3[nH]c(=O)n(-c4cccc5ccccc45)c(=O)c3s2)cnn1. The summed E-state index contributed by atoms with van der Waals surface area (Å²) in [5.74, 6) is 0. The lowest BCUT2D eigenvalue weighted by molar-refractivity contribution is 0.911. The Balaban J connectivity index is 1.60. The van der Waals surface area contributed by atoms with E-state index in [-0.39, 0.29) is 5.56 Å². The van der Waals surface area contributed by atoms with E-state index in [4.69, 9.17) is 11.6 Å². The van der Waals surface area contributed by atoms with Gasteiger partial charge in [0.05, 0.1) is 23.1 Å². The lowest BCUT2D eigenvalue weighted by Gasteiger charge is -2.10. The molecule has 0 unspecified atom stereocenters. The summed E-state index contributed by atoms with van der Waals surface area (Å²) in [4.78, 5) is 30.4. The van der Waals surface area contributed by atoms with Crippen LogP contribution in [0.25, 0.3) is 48.2 Å². The molecule has 3 aromatic carbocycles. The smallest absolute Gasteiger partial charge is 0.306 e. The summed E-state index contributed by atoms with van der Waals surface area (Å²) in [5.41, 5.74) is 3.47. The average molecular weight is 497 g/mol. The highest BCUT2D eigenvalue weighted by atomic mass is 35.5. The van der Waals surface area contributed by atoms with Crippen LogP contribution in [0.3, 0.4) is 0 Å². The molecule has 0 radical (unpaired) electrons. The van der Waals surface area contributed by atoms with E-state index in [9.17, 15) is 9.59 Å². The summed E-state index contributed by atoms with van der Waals surface area (Å²) >= 11 is 7.96. The van der Waals surface area contributed by atoms with Gasteiger partial charge in [-0.15, -0.1) is 11.3 Å². The Kier molecular flexibility index (Phi) is 5.09. The first-order valence-electron chi connectivity index (χ1n) is 10.9. The van der Waals surface area contributed by atoms with Crippen LogP contribution in [0.1, 0.15) is 5.69 Å². The van der Waals surface area contributed by atoms with Crippen molar-refractivity contribution < 1.29 is 0 Å². The van der Waals surface area contributed by atoms with Crippen LogP contribution in [0.5, 0.6) is 0 Å². The standard InChI is InChI=1S/C27H17ClN4O2S/c1-15-12-17(14-29-31-15)19-9-5-10-20(28)24(19)23-13-21-25(35-23)26(33)32(27(34)30-21)22-11-4-7-16-6-2-3-8-18(16)22/h2-14H,1H3,(H,30,34). The Hall–Kier alpha value is -4.07. The topological polar surface area (TPSA) is 80.6 Å². The number of hydrogen-bond acceptors (Lipinski definition) is 5. The van der Waals surface area contributed by atoms with Gasteiger partial charge in [-0.3, -0.25) is 4.79 Å². The minimum absolute atomic E-state index is 0.369. The number of aromatic amines is 1. The molecule has 0 amide bonds. The van der Waals surface area contributed by atoms with E-state index in [1.54, 1.807) is 12.3 Å². The number of aromatic nitrogens is 4. The molecule has 6 rings (SSSR count). The molecule has 170 valence electrons. The second-order valence-corrected chi connectivity index (χ2v) is 9.63. The number of aryl methyl sites for hydroxylation is 1. The summed E-state index contributed by atoms with van der Waals surface area (Å²) in [7, 11) is 0. The fourth-order valence-corrected chi connectivity index (χ4v) is 5.84. The van der Waals surface area contributed by atoms with Crippen molar-refractivity contribution in [2.45, 2.75) is 6.92 Å².